The molecule has 1 aromatic carbocycles. The van der Waals surface area contributed by atoms with Crippen LogP contribution in [0, 0.1) is 13.8 Å². The van der Waals surface area contributed by atoms with Gasteiger partial charge >= 0.3 is 0 Å². The van der Waals surface area contributed by atoms with E-state index in [4.69, 9.17) is 0 Å². The van der Waals surface area contributed by atoms with E-state index in [1.54, 1.807) is 18.4 Å². The summed E-state index contributed by atoms with van der Waals surface area (Å²) in [6.45, 7) is 6.21. The maximum absolute atomic E-state index is 11.3. The number of carbonyl (C=O) groups is 1. The van der Waals surface area contributed by atoms with E-state index in [0.29, 0.717) is 6.42 Å². The fourth-order valence-corrected chi connectivity index (χ4v) is 3.19. The van der Waals surface area contributed by atoms with Gasteiger partial charge in [-0.25, -0.2) is 4.98 Å². The van der Waals surface area contributed by atoms with E-state index < -0.39 is 0 Å². The average molecular weight is 303 g/mol. The van der Waals surface area contributed by atoms with Crippen molar-refractivity contribution in [3.63, 3.8) is 0 Å². The zero-order valence-corrected chi connectivity index (χ0v) is 13.7. The maximum atomic E-state index is 11.3. The van der Waals surface area contributed by atoms with Crippen molar-refractivity contribution < 1.29 is 4.79 Å². The summed E-state index contributed by atoms with van der Waals surface area (Å²) in [5, 5.41) is 7.20. The highest BCUT2D eigenvalue weighted by Gasteiger charge is 2.12. The molecule has 1 heterocycles. The van der Waals surface area contributed by atoms with Crippen molar-refractivity contribution in [3.8, 4) is 0 Å². The normalized spacial score (nSPS) is 12.0. The minimum absolute atomic E-state index is 0.0276. The second kappa shape index (κ2) is 6.72. The Balaban J connectivity index is 2.03. The van der Waals surface area contributed by atoms with Crippen LogP contribution < -0.4 is 10.6 Å². The molecule has 1 amide bonds. The molecule has 1 unspecified atom stereocenters. The molecule has 2 N–H and O–H groups in total. The molecule has 2 rings (SSSR count). The van der Waals surface area contributed by atoms with E-state index in [1.807, 2.05) is 38.1 Å². The monoisotopic (exact) mass is 303 g/mol. The summed E-state index contributed by atoms with van der Waals surface area (Å²) < 4.78 is 0. The van der Waals surface area contributed by atoms with Crippen molar-refractivity contribution in [2.45, 2.75) is 33.2 Å². The number of amides is 1. The van der Waals surface area contributed by atoms with E-state index in [1.165, 1.54) is 4.88 Å². The zero-order valence-electron chi connectivity index (χ0n) is 12.9. The Labute approximate surface area is 129 Å². The Morgan fingerprint density at radius 3 is 2.48 bits per heavy atom. The number of benzene rings is 1. The summed E-state index contributed by atoms with van der Waals surface area (Å²) in [4.78, 5) is 17.1. The highest BCUT2D eigenvalue weighted by Crippen LogP contribution is 2.27. The standard InChI is InChI=1S/C16H21N3OS/c1-10-16(21-12(3)18-10)11(2)19-14-7-5-13(6-8-14)9-15(20)17-4/h5-8,11,19H,9H2,1-4H3,(H,17,20). The lowest BCUT2D eigenvalue weighted by molar-refractivity contribution is -0.119. The van der Waals surface area contributed by atoms with Gasteiger partial charge in [-0.3, -0.25) is 4.79 Å². The van der Waals surface area contributed by atoms with Crippen LogP contribution in [0.3, 0.4) is 0 Å². The first-order valence-corrected chi connectivity index (χ1v) is 7.81. The number of nitrogens with zero attached hydrogens (tertiary/aromatic N) is 1. The van der Waals surface area contributed by atoms with Gasteiger partial charge in [0.15, 0.2) is 0 Å². The molecular weight excluding hydrogens is 282 g/mol. The molecule has 0 aliphatic rings. The molecule has 0 aliphatic carbocycles. The lowest BCUT2D eigenvalue weighted by Gasteiger charge is -2.14. The quantitative estimate of drug-likeness (QED) is 0.891. The molecule has 1 aromatic heterocycles. The topological polar surface area (TPSA) is 54.0 Å². The highest BCUT2D eigenvalue weighted by atomic mass is 32.1. The van der Waals surface area contributed by atoms with Crippen LogP contribution >= 0.6 is 11.3 Å². The largest absolute Gasteiger partial charge is 0.378 e. The Kier molecular flexibility index (Phi) is 4.96. The van der Waals surface area contributed by atoms with Gasteiger partial charge in [-0.2, -0.15) is 0 Å². The SMILES string of the molecule is CNC(=O)Cc1ccc(NC(C)c2sc(C)nc2C)cc1. The molecule has 112 valence electrons. The van der Waals surface area contributed by atoms with Gasteiger partial charge in [0.25, 0.3) is 0 Å². The van der Waals surface area contributed by atoms with Crippen molar-refractivity contribution in [1.29, 1.82) is 0 Å². The molecule has 0 radical (unpaired) electrons. The first-order chi connectivity index (χ1) is 9.99. The number of hydrogen-bond donors (Lipinski definition) is 2. The Bertz CT molecular complexity index is 619. The predicted molar refractivity (Wildman–Crippen MR) is 87.8 cm³/mol. The number of anilines is 1. The molecule has 0 spiro atoms. The number of aromatic nitrogens is 1. The summed E-state index contributed by atoms with van der Waals surface area (Å²) in [5.74, 6) is 0.0276. The van der Waals surface area contributed by atoms with Crippen LogP contribution in [0.1, 0.15) is 34.1 Å². The molecule has 0 saturated heterocycles. The fraction of sp³-hybridized carbons (Fsp3) is 0.375. The molecule has 21 heavy (non-hydrogen) atoms. The van der Waals surface area contributed by atoms with Crippen LogP contribution in [0.15, 0.2) is 24.3 Å². The number of rotatable bonds is 5. The zero-order chi connectivity index (χ0) is 15.4. The molecule has 0 saturated carbocycles. The summed E-state index contributed by atoms with van der Waals surface area (Å²) in [6, 6.07) is 8.21. The number of thiazole rings is 1. The predicted octanol–water partition coefficient (Wildman–Crippen LogP) is 3.22. The minimum atomic E-state index is 0.0276. The summed E-state index contributed by atoms with van der Waals surface area (Å²) >= 11 is 1.73. The Hall–Kier alpha value is -1.88. The number of aryl methyl sites for hydroxylation is 2. The molecule has 0 fully saturated rings. The van der Waals surface area contributed by atoms with E-state index >= 15 is 0 Å². The summed E-state index contributed by atoms with van der Waals surface area (Å²) in [7, 11) is 1.65. The lowest BCUT2D eigenvalue weighted by Crippen LogP contribution is -2.19. The van der Waals surface area contributed by atoms with Crippen LogP contribution in [0.5, 0.6) is 0 Å². The third-order valence-corrected chi connectivity index (χ3v) is 4.57. The molecule has 0 bridgehead atoms. The minimum Gasteiger partial charge on any atom is -0.378 e. The summed E-state index contributed by atoms with van der Waals surface area (Å²) in [6.07, 6.45) is 0.416. The van der Waals surface area contributed by atoms with E-state index in [2.05, 4.69) is 22.5 Å². The van der Waals surface area contributed by atoms with Crippen molar-refractivity contribution in [2.75, 3.05) is 12.4 Å². The highest BCUT2D eigenvalue weighted by molar-refractivity contribution is 7.11. The smallest absolute Gasteiger partial charge is 0.224 e. The lowest BCUT2D eigenvalue weighted by atomic mass is 10.1. The van der Waals surface area contributed by atoms with Crippen molar-refractivity contribution >= 4 is 22.9 Å². The van der Waals surface area contributed by atoms with Gasteiger partial charge in [0.2, 0.25) is 5.91 Å². The molecular formula is C16H21N3OS. The first kappa shape index (κ1) is 15.5. The number of hydrogen-bond acceptors (Lipinski definition) is 4. The van der Waals surface area contributed by atoms with Crippen LogP contribution in [0.25, 0.3) is 0 Å². The van der Waals surface area contributed by atoms with Crippen LogP contribution in [0.4, 0.5) is 5.69 Å². The third-order valence-electron chi connectivity index (χ3n) is 3.31. The molecule has 2 aromatic rings. The third kappa shape index (κ3) is 4.04. The van der Waals surface area contributed by atoms with Gasteiger partial charge in [0.1, 0.15) is 0 Å². The second-order valence-corrected chi connectivity index (χ2v) is 6.33. The van der Waals surface area contributed by atoms with Gasteiger partial charge in [0.05, 0.1) is 23.2 Å². The van der Waals surface area contributed by atoms with E-state index in [0.717, 1.165) is 22.0 Å². The Morgan fingerprint density at radius 2 is 1.95 bits per heavy atom. The average Bonchev–Trinajstić information content (AvgIpc) is 2.80. The van der Waals surface area contributed by atoms with Crippen LogP contribution in [0.2, 0.25) is 0 Å². The molecule has 0 aliphatic heterocycles. The van der Waals surface area contributed by atoms with Gasteiger partial charge in [0, 0.05) is 17.6 Å². The maximum Gasteiger partial charge on any atom is 0.224 e. The Morgan fingerprint density at radius 1 is 1.29 bits per heavy atom. The van der Waals surface area contributed by atoms with Gasteiger partial charge in [-0.1, -0.05) is 12.1 Å². The van der Waals surface area contributed by atoms with Crippen LogP contribution in [-0.4, -0.2) is 17.9 Å². The van der Waals surface area contributed by atoms with Gasteiger partial charge < -0.3 is 10.6 Å². The van der Waals surface area contributed by atoms with E-state index in [-0.39, 0.29) is 11.9 Å². The van der Waals surface area contributed by atoms with Crippen molar-refractivity contribution in [3.05, 3.63) is 45.4 Å². The van der Waals surface area contributed by atoms with E-state index in [9.17, 15) is 4.79 Å². The second-order valence-electron chi connectivity index (χ2n) is 5.10. The summed E-state index contributed by atoms with van der Waals surface area (Å²) in [5.41, 5.74) is 3.15. The fourth-order valence-electron chi connectivity index (χ4n) is 2.26. The molecule has 1 atom stereocenters. The molecule has 4 nitrogen and oxygen atoms in total. The van der Waals surface area contributed by atoms with Crippen molar-refractivity contribution in [2.24, 2.45) is 0 Å². The van der Waals surface area contributed by atoms with Crippen LogP contribution in [-0.2, 0) is 11.2 Å². The van der Waals surface area contributed by atoms with Crippen molar-refractivity contribution in [1.82, 2.24) is 10.3 Å². The van der Waals surface area contributed by atoms with Gasteiger partial charge in [-0.15, -0.1) is 11.3 Å². The molecule has 5 heteroatoms. The first-order valence-electron chi connectivity index (χ1n) is 6.99. The number of likely N-dealkylation sites (N-methyl/N-ethyl adjacent to an activating group) is 1. The number of nitrogens with one attached hydrogen (secondary N) is 2. The number of carbonyl (C=O) groups excluding carboxylic acids is 1. The van der Waals surface area contributed by atoms with Gasteiger partial charge in [-0.05, 0) is 38.5 Å².